The highest BCUT2D eigenvalue weighted by molar-refractivity contribution is 6.00. The maximum Gasteiger partial charge on any atom is 0.326 e. The smallest absolute Gasteiger partial charge is 0.326 e. The number of hydrogen-bond donors (Lipinski definition) is 22. The molecule has 103 heavy (non-hydrogen) atoms. The highest BCUT2D eigenvalue weighted by Crippen LogP contribution is 2.15. The topological polar surface area (TPSA) is 674 Å². The zero-order chi connectivity index (χ0) is 78.0. The Labute approximate surface area is 592 Å². The second kappa shape index (κ2) is 44.4. The number of aromatic amines is 1. The largest absolute Gasteiger partial charge is 0.508 e. The number of carbonyl (C=O) groups is 17. The molecule has 27 N–H and O–H groups in total. The normalized spacial score (nSPS) is 14.6. The van der Waals surface area contributed by atoms with Gasteiger partial charge in [-0.2, -0.15) is 0 Å². The van der Waals surface area contributed by atoms with Crippen LogP contribution in [0.1, 0.15) is 124 Å². The number of nitrogens with one attached hydrogen (secondary N) is 13. The molecule has 572 valence electrons. The van der Waals surface area contributed by atoms with Crippen molar-refractivity contribution in [3.05, 3.63) is 48.0 Å². The van der Waals surface area contributed by atoms with Gasteiger partial charge in [-0.05, 0) is 80.9 Å². The van der Waals surface area contributed by atoms with E-state index in [-0.39, 0.29) is 41.7 Å². The van der Waals surface area contributed by atoms with Crippen LogP contribution in [0.25, 0.3) is 0 Å². The summed E-state index contributed by atoms with van der Waals surface area (Å²) < 4.78 is 0. The van der Waals surface area contributed by atoms with Crippen molar-refractivity contribution in [2.45, 2.75) is 198 Å². The Balaban J connectivity index is 2.53. The lowest BCUT2D eigenvalue weighted by Gasteiger charge is -2.28. The van der Waals surface area contributed by atoms with Crippen molar-refractivity contribution in [2.24, 2.45) is 46.4 Å². The minimum Gasteiger partial charge on any atom is -0.508 e. The molecular weight excluding hydrogens is 1360 g/mol. The number of amides is 16. The van der Waals surface area contributed by atoms with Crippen LogP contribution in [-0.4, -0.2) is 223 Å². The van der Waals surface area contributed by atoms with E-state index in [1.165, 1.54) is 57.6 Å². The molecule has 2 rings (SSSR count). The maximum atomic E-state index is 14.6. The molecule has 0 saturated heterocycles. The average molecular weight is 1460 g/mol. The number of phenols is 1. The first-order chi connectivity index (χ1) is 48.2. The quantitative estimate of drug-likeness (QED) is 0.0293. The van der Waals surface area contributed by atoms with Gasteiger partial charge in [0.25, 0.3) is 0 Å². The van der Waals surface area contributed by atoms with Gasteiger partial charge in [-0.25, -0.2) is 9.78 Å². The number of carboxylic acid groups (broad SMARTS) is 1. The number of carbonyl (C=O) groups excluding carboxylic acids is 16. The molecule has 0 aliphatic rings. The molecule has 0 saturated carbocycles. The Kier molecular flexibility index (Phi) is 38.0. The lowest BCUT2D eigenvalue weighted by atomic mass is 10.0. The van der Waals surface area contributed by atoms with Gasteiger partial charge in [0.1, 0.15) is 72.2 Å². The van der Waals surface area contributed by atoms with Crippen molar-refractivity contribution in [2.75, 3.05) is 19.8 Å². The minimum absolute atomic E-state index is 0.0170. The summed E-state index contributed by atoms with van der Waals surface area (Å²) in [7, 11) is 0. The van der Waals surface area contributed by atoms with Crippen LogP contribution in [0, 0.1) is 17.8 Å². The second-order valence-electron chi connectivity index (χ2n) is 25.5. The van der Waals surface area contributed by atoms with Crippen LogP contribution in [0.4, 0.5) is 0 Å². The van der Waals surface area contributed by atoms with Gasteiger partial charge in [-0.1, -0.05) is 53.7 Å². The Morgan fingerprint density at radius 2 is 0.806 bits per heavy atom. The summed E-state index contributed by atoms with van der Waals surface area (Å²) in [6, 6.07) is -14.2. The van der Waals surface area contributed by atoms with Gasteiger partial charge in [0.2, 0.25) is 94.5 Å². The van der Waals surface area contributed by atoms with E-state index in [9.17, 15) is 102 Å². The zero-order valence-corrected chi connectivity index (χ0v) is 58.3. The number of nitrogens with zero attached hydrogens (tertiary/aromatic N) is 1. The summed E-state index contributed by atoms with van der Waals surface area (Å²) in [5.41, 5.74) is 28.0. The van der Waals surface area contributed by atoms with Gasteiger partial charge >= 0.3 is 5.97 Å². The number of phenolic OH excluding ortho intramolecular Hbond substituents is 1. The third-order valence-corrected chi connectivity index (χ3v) is 15.3. The van der Waals surface area contributed by atoms with E-state index in [4.69, 9.17) is 28.7 Å². The third kappa shape index (κ3) is 33.4. The molecule has 0 spiro atoms. The molecular formula is C63H99N19O21. The lowest BCUT2D eigenvalue weighted by molar-refractivity contribution is -0.142. The highest BCUT2D eigenvalue weighted by atomic mass is 16.4. The van der Waals surface area contributed by atoms with Crippen LogP contribution in [-0.2, 0) is 94.3 Å². The monoisotopic (exact) mass is 1460 g/mol. The predicted octanol–water partition coefficient (Wildman–Crippen LogP) is -8.42. The summed E-state index contributed by atoms with van der Waals surface area (Å²) in [5.74, 6) is -19.4. The van der Waals surface area contributed by atoms with E-state index in [1.807, 2.05) is 13.8 Å². The molecule has 16 amide bonds. The van der Waals surface area contributed by atoms with Crippen molar-refractivity contribution in [3.63, 3.8) is 0 Å². The number of benzene rings is 1. The Bertz CT molecular complexity index is 3280. The lowest BCUT2D eigenvalue weighted by Crippen LogP contribution is -2.61. The number of aliphatic carboxylic acids is 1. The van der Waals surface area contributed by atoms with Crippen LogP contribution >= 0.6 is 0 Å². The molecule has 12 atom stereocenters. The summed E-state index contributed by atoms with van der Waals surface area (Å²) >= 11 is 0. The zero-order valence-electron chi connectivity index (χ0n) is 58.3. The van der Waals surface area contributed by atoms with Crippen LogP contribution in [0.2, 0.25) is 0 Å². The number of aromatic hydroxyl groups is 1. The molecule has 2 aromatic rings. The van der Waals surface area contributed by atoms with Crippen molar-refractivity contribution >= 4 is 100 Å². The Morgan fingerprint density at radius 3 is 1.20 bits per heavy atom. The number of aliphatic hydroxyl groups is 2. The molecule has 0 unspecified atom stereocenters. The molecule has 1 aromatic carbocycles. The molecule has 40 nitrogen and oxygen atoms in total. The first kappa shape index (κ1) is 88.2. The number of aromatic nitrogens is 2. The van der Waals surface area contributed by atoms with E-state index in [1.54, 1.807) is 13.8 Å². The van der Waals surface area contributed by atoms with Crippen molar-refractivity contribution in [1.82, 2.24) is 73.8 Å². The van der Waals surface area contributed by atoms with Gasteiger partial charge in [0.05, 0.1) is 32.1 Å². The third-order valence-electron chi connectivity index (χ3n) is 15.3. The van der Waals surface area contributed by atoms with E-state index in [2.05, 4.69) is 73.8 Å². The maximum absolute atomic E-state index is 14.6. The predicted molar refractivity (Wildman–Crippen MR) is 361 cm³/mol. The van der Waals surface area contributed by atoms with Crippen LogP contribution in [0.5, 0.6) is 5.75 Å². The van der Waals surface area contributed by atoms with E-state index in [0.29, 0.717) is 0 Å². The minimum atomic E-state index is -1.95. The van der Waals surface area contributed by atoms with E-state index >= 15 is 0 Å². The van der Waals surface area contributed by atoms with E-state index < -0.39 is 263 Å². The van der Waals surface area contributed by atoms with Crippen LogP contribution in [0.3, 0.4) is 0 Å². The van der Waals surface area contributed by atoms with Gasteiger partial charge in [0, 0.05) is 50.4 Å². The van der Waals surface area contributed by atoms with Crippen molar-refractivity contribution in [1.29, 1.82) is 0 Å². The number of imidazole rings is 1. The fourth-order valence-electron chi connectivity index (χ4n) is 9.72. The molecule has 1 heterocycles. The molecule has 0 bridgehead atoms. The van der Waals surface area contributed by atoms with Gasteiger partial charge in [-0.15, -0.1) is 0 Å². The molecule has 0 fully saturated rings. The average Bonchev–Trinajstić information content (AvgIpc) is 1.37. The summed E-state index contributed by atoms with van der Waals surface area (Å²) in [6.07, 6.45) is -2.79. The fourth-order valence-corrected chi connectivity index (χ4v) is 9.72. The van der Waals surface area contributed by atoms with Crippen molar-refractivity contribution < 1.29 is 102 Å². The number of carboxylic acids is 1. The number of rotatable bonds is 48. The number of primary amides is 4. The van der Waals surface area contributed by atoms with Gasteiger partial charge in [0.15, 0.2) is 0 Å². The summed E-state index contributed by atoms with van der Waals surface area (Å²) in [6.45, 7) is 8.42. The van der Waals surface area contributed by atoms with Crippen LogP contribution < -0.4 is 92.5 Å². The number of hydrogen-bond acceptors (Lipinski definition) is 22. The second-order valence-corrected chi connectivity index (χ2v) is 25.5. The van der Waals surface area contributed by atoms with Crippen LogP contribution in [0.15, 0.2) is 36.8 Å². The molecule has 0 aliphatic heterocycles. The standard InChI is InChI=1S/C63H99N19O21/c1-29(2)20-36(64)53(92)80-44(26-83)54(93)70-25-50(90)82-51(31(5)6)62(101)76-40(15-19-49(68)89)58(97)77-41(22-33-8-10-35(85)11-9-33)59(98)74-38(13-17-47(66)87)56(95)73-39(14-18-48(67)88)57(96)78-42(23-34-24-69-28-71-34)60(99)81-45(27-84)61(100)75-37(12-16-46(65)86)55(94)72-32(7)52(91)79-43(63(102)103)21-30(3)4/h8-11,24,28-32,36-45,51,83-85H,12-23,25-27,64H2,1-7H3,(H2,65,86)(H2,66,87)(H2,67,88)(H2,68,89)(H,69,71)(H,70,93)(H,72,94)(H,73,95)(H,74,98)(H,75,100)(H,76,101)(H,77,97)(H,78,96)(H,79,91)(H,80,92)(H,81,99)(H,82,90)(H,102,103)/t32-,36-,37-,38-,39-,40-,41-,42-,43-,44-,45-,51-/m0/s1. The molecule has 0 aliphatic carbocycles. The summed E-state index contributed by atoms with van der Waals surface area (Å²) in [4.78, 5) is 232. The molecule has 1 aromatic heterocycles. The molecule has 0 radical (unpaired) electrons. The van der Waals surface area contributed by atoms with E-state index in [0.717, 1.165) is 0 Å². The number of H-pyrrole nitrogens is 1. The fraction of sp³-hybridized carbons (Fsp3) is 0.587. The SMILES string of the molecule is CC(C)C[C@H](NC(=O)[C@H](C)NC(=O)[C@H](CCC(N)=O)NC(=O)[C@H](CO)NC(=O)[C@H](Cc1cnc[nH]1)NC(=O)[C@H](CCC(N)=O)NC(=O)[C@H](CCC(N)=O)NC(=O)[C@H](Cc1ccc(O)cc1)NC(=O)[C@H](CCC(N)=O)NC(=O)[C@@H](NC(=O)CNC(=O)[C@H](CO)NC(=O)[C@@H](N)CC(C)C)C(C)C)C(=O)O. The first-order valence-electron chi connectivity index (χ1n) is 32.9. The number of nitrogens with two attached hydrogens (primary N) is 5. The number of aliphatic hydroxyl groups excluding tert-OH is 2. The first-order valence-corrected chi connectivity index (χ1v) is 32.9. The highest BCUT2D eigenvalue weighted by Gasteiger charge is 2.37. The Morgan fingerprint density at radius 1 is 0.437 bits per heavy atom. The van der Waals surface area contributed by atoms with Gasteiger partial charge < -0.3 is 118 Å². The van der Waals surface area contributed by atoms with Crippen molar-refractivity contribution in [3.8, 4) is 5.75 Å². The molecule has 40 heteroatoms. The summed E-state index contributed by atoms with van der Waals surface area (Å²) in [5, 5.41) is 68.0. The Hall–Kier alpha value is -10.9. The van der Waals surface area contributed by atoms with Gasteiger partial charge in [-0.3, -0.25) is 76.7 Å².